The van der Waals surface area contributed by atoms with Gasteiger partial charge < -0.3 is 10.2 Å². The zero-order valence-corrected chi connectivity index (χ0v) is 24.0. The van der Waals surface area contributed by atoms with Gasteiger partial charge in [-0.25, -0.2) is 8.42 Å². The van der Waals surface area contributed by atoms with E-state index in [9.17, 15) is 18.0 Å². The lowest BCUT2D eigenvalue weighted by atomic mass is 10.1. The number of hydrogen-bond acceptors (Lipinski definition) is 4. The van der Waals surface area contributed by atoms with Gasteiger partial charge in [0.1, 0.15) is 12.6 Å². The van der Waals surface area contributed by atoms with Gasteiger partial charge in [0, 0.05) is 23.1 Å². The predicted octanol–water partition coefficient (Wildman–Crippen LogP) is 5.79. The van der Waals surface area contributed by atoms with Crippen molar-refractivity contribution in [1.29, 1.82) is 0 Å². The average molecular weight is 597 g/mol. The largest absolute Gasteiger partial charge is 0.354 e. The standard InChI is InChI=1S/C27H28Cl3N3O4S/c1-3-14-31-27(35)19(2)32(17-20-8-7-9-21(28)15-20)26(34)18-33(25-13-12-22(29)16-24(25)30)38(36,37)23-10-5-4-6-11-23/h4-13,15-16,19H,3,14,17-18H2,1-2H3,(H,31,35)/t19-/m1/s1. The van der Waals surface area contributed by atoms with Crippen LogP contribution >= 0.6 is 34.8 Å². The van der Waals surface area contributed by atoms with Crippen LogP contribution in [0.5, 0.6) is 0 Å². The normalized spacial score (nSPS) is 12.0. The van der Waals surface area contributed by atoms with Gasteiger partial charge in [-0.3, -0.25) is 13.9 Å². The molecule has 0 radical (unpaired) electrons. The van der Waals surface area contributed by atoms with Crippen molar-refractivity contribution >= 4 is 62.3 Å². The number of carbonyl (C=O) groups is 2. The molecule has 11 heteroatoms. The maximum atomic E-state index is 13.8. The summed E-state index contributed by atoms with van der Waals surface area (Å²) in [6, 6.07) is 18.1. The maximum absolute atomic E-state index is 13.8. The number of halogens is 3. The molecule has 1 N–H and O–H groups in total. The molecule has 0 bridgehead atoms. The predicted molar refractivity (Wildman–Crippen MR) is 152 cm³/mol. The lowest BCUT2D eigenvalue weighted by molar-refractivity contribution is -0.139. The quantitative estimate of drug-likeness (QED) is 0.304. The fraction of sp³-hybridized carbons (Fsp3) is 0.259. The number of anilines is 1. The number of nitrogens with one attached hydrogen (secondary N) is 1. The molecule has 0 heterocycles. The first-order valence-corrected chi connectivity index (χ1v) is 14.5. The van der Waals surface area contributed by atoms with E-state index in [-0.39, 0.29) is 28.1 Å². The van der Waals surface area contributed by atoms with Crippen LogP contribution in [0.15, 0.2) is 77.7 Å². The number of rotatable bonds is 11. The highest BCUT2D eigenvalue weighted by molar-refractivity contribution is 7.92. The summed E-state index contributed by atoms with van der Waals surface area (Å²) in [5.74, 6) is -0.959. The first-order valence-electron chi connectivity index (χ1n) is 11.9. The minimum absolute atomic E-state index is 0.0195. The summed E-state index contributed by atoms with van der Waals surface area (Å²) in [5.41, 5.74) is 0.766. The molecule has 0 saturated heterocycles. The van der Waals surface area contributed by atoms with Crippen molar-refractivity contribution in [1.82, 2.24) is 10.2 Å². The summed E-state index contributed by atoms with van der Waals surface area (Å²) in [6.07, 6.45) is 0.721. The third-order valence-electron chi connectivity index (χ3n) is 5.75. The van der Waals surface area contributed by atoms with E-state index in [0.717, 1.165) is 10.7 Å². The van der Waals surface area contributed by atoms with Gasteiger partial charge in [0.2, 0.25) is 11.8 Å². The first kappa shape index (κ1) is 29.8. The number of carbonyl (C=O) groups excluding carboxylic acids is 2. The molecule has 0 aliphatic rings. The van der Waals surface area contributed by atoms with Gasteiger partial charge in [-0.05, 0) is 61.4 Å². The van der Waals surface area contributed by atoms with Gasteiger partial charge in [-0.15, -0.1) is 0 Å². The van der Waals surface area contributed by atoms with Crippen molar-refractivity contribution in [3.8, 4) is 0 Å². The molecule has 1 atom stereocenters. The van der Waals surface area contributed by atoms with E-state index in [1.54, 1.807) is 49.4 Å². The molecule has 0 aromatic heterocycles. The lowest BCUT2D eigenvalue weighted by Crippen LogP contribution is -2.51. The number of nitrogens with zero attached hydrogens (tertiary/aromatic N) is 2. The summed E-state index contributed by atoms with van der Waals surface area (Å²) < 4.78 is 28.4. The van der Waals surface area contributed by atoms with Crippen LogP contribution in [0.1, 0.15) is 25.8 Å². The maximum Gasteiger partial charge on any atom is 0.264 e. The second kappa shape index (κ2) is 13.3. The molecule has 0 spiro atoms. The van der Waals surface area contributed by atoms with Crippen molar-refractivity contribution in [2.24, 2.45) is 0 Å². The monoisotopic (exact) mass is 595 g/mol. The van der Waals surface area contributed by atoms with Crippen LogP contribution in [-0.2, 0) is 26.2 Å². The molecular weight excluding hydrogens is 569 g/mol. The summed E-state index contributed by atoms with van der Waals surface area (Å²) in [4.78, 5) is 28.0. The molecule has 0 fully saturated rings. The number of hydrogen-bond donors (Lipinski definition) is 1. The second-order valence-electron chi connectivity index (χ2n) is 8.54. The van der Waals surface area contributed by atoms with Crippen LogP contribution in [0, 0.1) is 0 Å². The van der Waals surface area contributed by atoms with E-state index in [1.165, 1.54) is 35.2 Å². The fourth-order valence-electron chi connectivity index (χ4n) is 3.73. The third kappa shape index (κ3) is 7.41. The smallest absolute Gasteiger partial charge is 0.264 e. The van der Waals surface area contributed by atoms with E-state index in [4.69, 9.17) is 34.8 Å². The highest BCUT2D eigenvalue weighted by atomic mass is 35.5. The second-order valence-corrected chi connectivity index (χ2v) is 11.7. The van der Waals surface area contributed by atoms with Crippen LogP contribution in [0.4, 0.5) is 5.69 Å². The first-order chi connectivity index (χ1) is 18.0. The van der Waals surface area contributed by atoms with E-state index in [2.05, 4.69) is 5.32 Å². The number of benzene rings is 3. The minimum atomic E-state index is -4.22. The van der Waals surface area contributed by atoms with Crippen LogP contribution in [0.2, 0.25) is 15.1 Å². The highest BCUT2D eigenvalue weighted by Crippen LogP contribution is 2.33. The molecule has 0 saturated carbocycles. The van der Waals surface area contributed by atoms with Crippen molar-refractivity contribution in [3.05, 3.63) is 93.4 Å². The van der Waals surface area contributed by atoms with Gasteiger partial charge in [0.25, 0.3) is 10.0 Å². The molecule has 3 aromatic carbocycles. The highest BCUT2D eigenvalue weighted by Gasteiger charge is 2.33. The Kier molecular flexibility index (Phi) is 10.4. The summed E-state index contributed by atoms with van der Waals surface area (Å²) in [6.45, 7) is 3.39. The summed E-state index contributed by atoms with van der Waals surface area (Å²) in [5, 5.41) is 3.63. The molecule has 0 aliphatic carbocycles. The fourth-order valence-corrected chi connectivity index (χ4v) is 5.95. The molecule has 38 heavy (non-hydrogen) atoms. The molecule has 3 aromatic rings. The van der Waals surface area contributed by atoms with Crippen LogP contribution in [0.25, 0.3) is 0 Å². The zero-order chi connectivity index (χ0) is 27.9. The Morgan fingerprint density at radius 3 is 2.24 bits per heavy atom. The number of amides is 2. The Morgan fingerprint density at radius 1 is 0.921 bits per heavy atom. The van der Waals surface area contributed by atoms with E-state index >= 15 is 0 Å². The Balaban J connectivity index is 2.04. The minimum Gasteiger partial charge on any atom is -0.354 e. The molecule has 2 amide bonds. The van der Waals surface area contributed by atoms with E-state index < -0.39 is 28.5 Å². The summed E-state index contributed by atoms with van der Waals surface area (Å²) >= 11 is 18.6. The topological polar surface area (TPSA) is 86.8 Å². The van der Waals surface area contributed by atoms with Crippen molar-refractivity contribution in [2.45, 2.75) is 37.8 Å². The van der Waals surface area contributed by atoms with Crippen LogP contribution in [0.3, 0.4) is 0 Å². The van der Waals surface area contributed by atoms with Crippen LogP contribution < -0.4 is 9.62 Å². The van der Waals surface area contributed by atoms with E-state index in [0.29, 0.717) is 22.2 Å². The Morgan fingerprint density at radius 2 is 1.61 bits per heavy atom. The molecule has 0 aliphatic heterocycles. The zero-order valence-electron chi connectivity index (χ0n) is 20.9. The van der Waals surface area contributed by atoms with Crippen molar-refractivity contribution < 1.29 is 18.0 Å². The van der Waals surface area contributed by atoms with Crippen LogP contribution in [-0.4, -0.2) is 44.3 Å². The Labute approximate surface area is 238 Å². The lowest BCUT2D eigenvalue weighted by Gasteiger charge is -2.32. The average Bonchev–Trinajstić information content (AvgIpc) is 2.89. The van der Waals surface area contributed by atoms with Crippen molar-refractivity contribution in [3.63, 3.8) is 0 Å². The van der Waals surface area contributed by atoms with Gasteiger partial charge in [0.15, 0.2) is 0 Å². The third-order valence-corrected chi connectivity index (χ3v) is 8.29. The SMILES string of the molecule is CCCNC(=O)[C@@H](C)N(Cc1cccc(Cl)c1)C(=O)CN(c1ccc(Cl)cc1Cl)S(=O)(=O)c1ccccc1. The Hall–Kier alpha value is -2.78. The molecule has 7 nitrogen and oxygen atoms in total. The van der Waals surface area contributed by atoms with Gasteiger partial charge >= 0.3 is 0 Å². The summed E-state index contributed by atoms with van der Waals surface area (Å²) in [7, 11) is -4.22. The van der Waals surface area contributed by atoms with Gasteiger partial charge in [-0.2, -0.15) is 0 Å². The van der Waals surface area contributed by atoms with E-state index in [1.807, 2.05) is 6.92 Å². The number of sulfonamides is 1. The molecule has 202 valence electrons. The Bertz CT molecular complexity index is 1390. The van der Waals surface area contributed by atoms with Gasteiger partial charge in [-0.1, -0.05) is 72.1 Å². The molecular formula is C27H28Cl3N3O4S. The molecule has 3 rings (SSSR count). The molecule has 0 unspecified atom stereocenters. The van der Waals surface area contributed by atoms with Gasteiger partial charge in [0.05, 0.1) is 15.6 Å². The van der Waals surface area contributed by atoms with Crippen molar-refractivity contribution in [2.75, 3.05) is 17.4 Å².